The molecule has 4 rings (SSSR count). The van der Waals surface area contributed by atoms with Crippen LogP contribution in [0.5, 0.6) is 5.75 Å². The van der Waals surface area contributed by atoms with Crippen molar-refractivity contribution in [3.05, 3.63) is 88.3 Å². The first-order valence-electron chi connectivity index (χ1n) is 12.0. The van der Waals surface area contributed by atoms with Gasteiger partial charge >= 0.3 is 12.2 Å². The quantitative estimate of drug-likeness (QED) is 0.406. The number of carbonyl (C=O) groups excluding carboxylic acids is 2. The molecule has 2 unspecified atom stereocenters. The maximum Gasteiger partial charge on any atom is 0.430 e. The molecule has 2 amide bonds. The molecule has 9 nitrogen and oxygen atoms in total. The van der Waals surface area contributed by atoms with Crippen LogP contribution < -0.4 is 10.2 Å². The number of amides is 2. The Balaban J connectivity index is 1.88. The van der Waals surface area contributed by atoms with Crippen LogP contribution in [0.25, 0.3) is 11.0 Å². The van der Waals surface area contributed by atoms with Crippen LogP contribution in [0, 0.1) is 0 Å². The predicted molar refractivity (Wildman–Crippen MR) is 137 cm³/mol. The lowest BCUT2D eigenvalue weighted by atomic mass is 10.0. The minimum Gasteiger partial charge on any atom is -0.497 e. The van der Waals surface area contributed by atoms with Gasteiger partial charge in [-0.15, -0.1) is 0 Å². The molecule has 0 radical (unpaired) electrons. The van der Waals surface area contributed by atoms with Crippen LogP contribution in [0.3, 0.4) is 0 Å². The second-order valence-corrected chi connectivity index (χ2v) is 9.11. The van der Waals surface area contributed by atoms with E-state index in [4.69, 9.17) is 18.6 Å². The summed E-state index contributed by atoms with van der Waals surface area (Å²) in [5.41, 5.74) is 0.804. The third kappa shape index (κ3) is 5.45. The number of carbonyl (C=O) groups is 2. The van der Waals surface area contributed by atoms with Crippen LogP contribution in [0.4, 0.5) is 9.59 Å². The molecular formula is C28H30N2O7. The third-order valence-corrected chi connectivity index (χ3v) is 5.68. The molecule has 37 heavy (non-hydrogen) atoms. The summed E-state index contributed by atoms with van der Waals surface area (Å²) in [6.45, 7) is 6.86. The van der Waals surface area contributed by atoms with E-state index < -0.39 is 36.5 Å². The number of fused-ring (bicyclic) bond motifs is 1. The Morgan fingerprint density at radius 3 is 2.00 bits per heavy atom. The van der Waals surface area contributed by atoms with E-state index >= 15 is 0 Å². The third-order valence-electron chi connectivity index (χ3n) is 5.68. The van der Waals surface area contributed by atoms with Crippen molar-refractivity contribution in [2.75, 3.05) is 7.11 Å². The Labute approximate surface area is 214 Å². The maximum absolute atomic E-state index is 13.5. The van der Waals surface area contributed by atoms with E-state index in [0.29, 0.717) is 22.3 Å². The van der Waals surface area contributed by atoms with Gasteiger partial charge in [-0.05, 0) is 57.5 Å². The molecule has 194 valence electrons. The van der Waals surface area contributed by atoms with E-state index in [-0.39, 0.29) is 11.2 Å². The Morgan fingerprint density at radius 1 is 0.838 bits per heavy atom. The molecule has 1 aliphatic rings. The monoisotopic (exact) mass is 506 g/mol. The first-order chi connectivity index (χ1) is 17.7. The van der Waals surface area contributed by atoms with Crippen LogP contribution in [-0.4, -0.2) is 41.5 Å². The van der Waals surface area contributed by atoms with Gasteiger partial charge in [-0.3, -0.25) is 4.79 Å². The van der Waals surface area contributed by atoms with Crippen molar-refractivity contribution in [1.82, 2.24) is 10.0 Å². The standard InChI is InChI=1S/C28H30N2O7/c1-17(2)35-27(32)29-22(19-10-12-20(34-5)13-11-19)14-15-23(30(29)28(33)36-18(3)4)26-16-24(31)21-8-6-7-9-25(21)37-26/h6-18,22-23H,1-5H3. The Morgan fingerprint density at radius 2 is 1.41 bits per heavy atom. The number of hydrazine groups is 1. The molecule has 0 saturated carbocycles. The minimum absolute atomic E-state index is 0.177. The molecule has 2 heterocycles. The van der Waals surface area contributed by atoms with Crippen molar-refractivity contribution < 1.29 is 28.2 Å². The first-order valence-corrected chi connectivity index (χ1v) is 12.0. The van der Waals surface area contributed by atoms with Gasteiger partial charge in [0.1, 0.15) is 29.2 Å². The average molecular weight is 507 g/mol. The number of ether oxygens (including phenoxy) is 3. The van der Waals surface area contributed by atoms with Crippen LogP contribution in [0.1, 0.15) is 51.1 Å². The summed E-state index contributed by atoms with van der Waals surface area (Å²) in [5, 5.41) is 2.76. The second-order valence-electron chi connectivity index (χ2n) is 9.11. The van der Waals surface area contributed by atoms with E-state index in [9.17, 15) is 14.4 Å². The van der Waals surface area contributed by atoms with Crippen molar-refractivity contribution in [2.24, 2.45) is 0 Å². The first kappa shape index (κ1) is 25.8. The van der Waals surface area contributed by atoms with Crippen molar-refractivity contribution >= 4 is 23.2 Å². The number of hydrogen-bond acceptors (Lipinski definition) is 7. The number of para-hydroxylation sites is 1. The Bertz CT molecular complexity index is 1360. The smallest absolute Gasteiger partial charge is 0.430 e. The summed E-state index contributed by atoms with van der Waals surface area (Å²) in [4.78, 5) is 39.8. The van der Waals surface area contributed by atoms with Gasteiger partial charge in [0.05, 0.1) is 24.7 Å². The molecule has 0 aliphatic carbocycles. The molecular weight excluding hydrogens is 476 g/mol. The van der Waals surface area contributed by atoms with Gasteiger partial charge < -0.3 is 18.6 Å². The Hall–Kier alpha value is -4.27. The molecule has 1 aliphatic heterocycles. The fraction of sp³-hybridized carbons (Fsp3) is 0.321. The van der Waals surface area contributed by atoms with Gasteiger partial charge in [0.2, 0.25) is 0 Å². The SMILES string of the molecule is COc1ccc(C2C=CC(c3cc(=O)c4ccccc4o3)N(C(=O)OC(C)C)N2C(=O)OC(C)C)cc1. The molecule has 2 aromatic carbocycles. The summed E-state index contributed by atoms with van der Waals surface area (Å²) >= 11 is 0. The van der Waals surface area contributed by atoms with Gasteiger partial charge in [-0.1, -0.05) is 36.4 Å². The average Bonchev–Trinajstić information content (AvgIpc) is 2.87. The fourth-order valence-corrected chi connectivity index (χ4v) is 4.09. The van der Waals surface area contributed by atoms with Gasteiger partial charge in [-0.25, -0.2) is 14.6 Å². The van der Waals surface area contributed by atoms with E-state index in [1.165, 1.54) is 11.1 Å². The number of methoxy groups -OCH3 is 1. The number of rotatable bonds is 5. The van der Waals surface area contributed by atoms with Gasteiger partial charge in [0, 0.05) is 6.07 Å². The van der Waals surface area contributed by atoms with Crippen LogP contribution in [0.15, 0.2) is 76.0 Å². The zero-order chi connectivity index (χ0) is 26.7. The van der Waals surface area contributed by atoms with Crippen LogP contribution in [-0.2, 0) is 9.47 Å². The zero-order valence-electron chi connectivity index (χ0n) is 21.4. The summed E-state index contributed by atoms with van der Waals surface area (Å²) in [6, 6.07) is 13.6. The minimum atomic E-state index is -0.947. The molecule has 0 bridgehead atoms. The number of hydrogen-bond donors (Lipinski definition) is 0. The highest BCUT2D eigenvalue weighted by molar-refractivity contribution is 5.78. The highest BCUT2D eigenvalue weighted by Gasteiger charge is 2.43. The van der Waals surface area contributed by atoms with Crippen LogP contribution >= 0.6 is 0 Å². The lowest BCUT2D eigenvalue weighted by molar-refractivity contribution is -0.0713. The van der Waals surface area contributed by atoms with Crippen molar-refractivity contribution in [1.29, 1.82) is 0 Å². The van der Waals surface area contributed by atoms with Crippen LogP contribution in [0.2, 0.25) is 0 Å². The summed E-state index contributed by atoms with van der Waals surface area (Å²) in [7, 11) is 1.56. The lowest BCUT2D eigenvalue weighted by Gasteiger charge is -2.43. The lowest BCUT2D eigenvalue weighted by Crippen LogP contribution is -2.55. The molecule has 1 aromatic heterocycles. The van der Waals surface area contributed by atoms with Gasteiger partial charge in [-0.2, -0.15) is 5.01 Å². The van der Waals surface area contributed by atoms with Crippen molar-refractivity contribution in [3.8, 4) is 5.75 Å². The van der Waals surface area contributed by atoms with E-state index in [0.717, 1.165) is 5.01 Å². The molecule has 0 fully saturated rings. The number of nitrogens with zero attached hydrogens (tertiary/aromatic N) is 2. The largest absolute Gasteiger partial charge is 0.497 e. The molecule has 2 atom stereocenters. The normalized spacial score (nSPS) is 17.4. The summed E-state index contributed by atoms with van der Waals surface area (Å²) < 4.78 is 22.4. The van der Waals surface area contributed by atoms with E-state index in [2.05, 4.69) is 0 Å². The van der Waals surface area contributed by atoms with Crippen molar-refractivity contribution in [2.45, 2.75) is 52.0 Å². The van der Waals surface area contributed by atoms with E-state index in [1.807, 2.05) is 0 Å². The second kappa shape index (κ2) is 10.8. The summed E-state index contributed by atoms with van der Waals surface area (Å²) in [5.74, 6) is 0.822. The maximum atomic E-state index is 13.5. The van der Waals surface area contributed by atoms with Gasteiger partial charge in [0.25, 0.3) is 0 Å². The topological polar surface area (TPSA) is 98.5 Å². The molecule has 3 aromatic rings. The van der Waals surface area contributed by atoms with Crippen molar-refractivity contribution in [3.63, 3.8) is 0 Å². The molecule has 0 N–H and O–H groups in total. The number of benzene rings is 2. The van der Waals surface area contributed by atoms with E-state index in [1.54, 1.807) is 95.5 Å². The Kier molecular flexibility index (Phi) is 7.52. The predicted octanol–water partition coefficient (Wildman–Crippen LogP) is 5.76. The van der Waals surface area contributed by atoms with Gasteiger partial charge in [0.15, 0.2) is 5.43 Å². The summed E-state index contributed by atoms with van der Waals surface area (Å²) in [6.07, 6.45) is 1.01. The zero-order valence-corrected chi connectivity index (χ0v) is 21.4. The highest BCUT2D eigenvalue weighted by Crippen LogP contribution is 2.38. The highest BCUT2D eigenvalue weighted by atomic mass is 16.6. The fourth-order valence-electron chi connectivity index (χ4n) is 4.09. The molecule has 0 saturated heterocycles. The molecule has 0 spiro atoms. The molecule has 9 heteroatoms.